The van der Waals surface area contributed by atoms with Crippen molar-refractivity contribution in [1.29, 1.82) is 0 Å². The molecular formula is C32H33N7O. The van der Waals surface area contributed by atoms with E-state index in [0.717, 1.165) is 41.0 Å². The number of carbonyl (C=O) groups excluding carboxylic acids is 1. The molecule has 0 saturated heterocycles. The van der Waals surface area contributed by atoms with E-state index in [-0.39, 0.29) is 24.0 Å². The smallest absolute Gasteiger partial charge is 0.320 e. The fraction of sp³-hybridized carbons (Fsp3) is 0.219. The normalized spacial score (nSPS) is 18.4. The first kappa shape index (κ1) is 25.4. The minimum Gasteiger partial charge on any atom is -0.382 e. The minimum absolute atomic E-state index is 0.0326. The van der Waals surface area contributed by atoms with E-state index in [1.54, 1.807) is 15.6 Å². The number of nitrogens with one attached hydrogen (secondary N) is 3. The fourth-order valence-corrected chi connectivity index (χ4v) is 5.68. The summed E-state index contributed by atoms with van der Waals surface area (Å²) in [6, 6.07) is 30.5. The first-order valence-corrected chi connectivity index (χ1v) is 13.6. The first-order valence-electron chi connectivity index (χ1n) is 13.6. The molecule has 6 rings (SSSR count). The summed E-state index contributed by atoms with van der Waals surface area (Å²) < 4.78 is 3.54. The topological polar surface area (TPSA) is 88.8 Å². The van der Waals surface area contributed by atoms with Gasteiger partial charge in [-0.05, 0) is 49.6 Å². The molecule has 1 fully saturated rings. The summed E-state index contributed by atoms with van der Waals surface area (Å²) in [7, 11) is 1.88. The molecule has 202 valence electrons. The number of rotatable bonds is 7. The molecule has 8 nitrogen and oxygen atoms in total. The van der Waals surface area contributed by atoms with Gasteiger partial charge in [0.2, 0.25) is 0 Å². The summed E-state index contributed by atoms with van der Waals surface area (Å²) in [5.41, 5.74) is 5.74. The van der Waals surface area contributed by atoms with Gasteiger partial charge in [-0.15, -0.1) is 0 Å². The second-order valence-electron chi connectivity index (χ2n) is 10.4. The maximum atomic E-state index is 13.6. The van der Waals surface area contributed by atoms with E-state index in [0.29, 0.717) is 5.82 Å². The molecule has 1 aliphatic rings. The predicted octanol–water partition coefficient (Wildman–Crippen LogP) is 6.13. The summed E-state index contributed by atoms with van der Waals surface area (Å²) in [4.78, 5) is 13.6. The Labute approximate surface area is 234 Å². The number of amides is 2. The lowest BCUT2D eigenvalue weighted by Gasteiger charge is -2.21. The number of urea groups is 1. The van der Waals surface area contributed by atoms with Crippen LogP contribution < -0.4 is 16.0 Å². The average molecular weight is 532 g/mol. The van der Waals surface area contributed by atoms with Crippen LogP contribution in [0.25, 0.3) is 16.9 Å². The van der Waals surface area contributed by atoms with E-state index in [2.05, 4.69) is 57.4 Å². The molecule has 2 heterocycles. The quantitative estimate of drug-likeness (QED) is 0.236. The number of hydrogen-bond donors (Lipinski definition) is 3. The number of benzene rings is 3. The van der Waals surface area contributed by atoms with E-state index in [9.17, 15) is 4.79 Å². The molecule has 0 unspecified atom stereocenters. The number of para-hydroxylation sites is 2. The Kier molecular flexibility index (Phi) is 7.06. The van der Waals surface area contributed by atoms with Crippen LogP contribution in [0, 0.1) is 6.92 Å². The molecule has 2 amide bonds. The zero-order chi connectivity index (χ0) is 27.5. The Morgan fingerprint density at radius 2 is 1.57 bits per heavy atom. The van der Waals surface area contributed by atoms with Gasteiger partial charge in [0.1, 0.15) is 11.5 Å². The predicted molar refractivity (Wildman–Crippen MR) is 159 cm³/mol. The third kappa shape index (κ3) is 5.33. The summed E-state index contributed by atoms with van der Waals surface area (Å²) in [6.07, 6.45) is 5.46. The van der Waals surface area contributed by atoms with Crippen molar-refractivity contribution in [2.45, 2.75) is 37.8 Å². The highest BCUT2D eigenvalue weighted by atomic mass is 16.2. The van der Waals surface area contributed by atoms with Gasteiger partial charge in [-0.1, -0.05) is 66.7 Å². The van der Waals surface area contributed by atoms with Gasteiger partial charge in [-0.3, -0.25) is 10.00 Å². The van der Waals surface area contributed by atoms with Crippen molar-refractivity contribution in [3.05, 3.63) is 115 Å². The third-order valence-corrected chi connectivity index (χ3v) is 7.58. The number of hydrogen-bond acceptors (Lipinski definition) is 4. The van der Waals surface area contributed by atoms with E-state index in [4.69, 9.17) is 5.10 Å². The van der Waals surface area contributed by atoms with Crippen LogP contribution in [-0.4, -0.2) is 37.7 Å². The Morgan fingerprint density at radius 3 is 2.25 bits per heavy atom. The summed E-state index contributed by atoms with van der Waals surface area (Å²) in [5.74, 6) is 0.829. The molecule has 1 aliphatic carbocycles. The van der Waals surface area contributed by atoms with Crippen molar-refractivity contribution in [3.8, 4) is 16.9 Å². The molecule has 2 aromatic heterocycles. The molecule has 0 bridgehead atoms. The van der Waals surface area contributed by atoms with Crippen molar-refractivity contribution in [2.24, 2.45) is 7.05 Å². The van der Waals surface area contributed by atoms with Crippen LogP contribution in [0.15, 0.2) is 103 Å². The highest BCUT2D eigenvalue weighted by Crippen LogP contribution is 2.37. The lowest BCUT2D eigenvalue weighted by molar-refractivity contribution is 0.247. The number of aryl methyl sites for hydroxylation is 1. The molecule has 3 atom stereocenters. The third-order valence-electron chi connectivity index (χ3n) is 7.58. The number of nitrogens with zero attached hydrogens (tertiary/aromatic N) is 4. The lowest BCUT2D eigenvalue weighted by Crippen LogP contribution is -2.40. The van der Waals surface area contributed by atoms with Crippen LogP contribution in [0.4, 0.5) is 16.3 Å². The van der Waals surface area contributed by atoms with Crippen LogP contribution in [0.5, 0.6) is 0 Å². The number of anilines is 2. The standard InChI is InChI=1S/C32H33N7O/c1-22-30(24-20-33-38(2)21-24)37-39(27-16-10-5-11-17-27)31(22)36-32(40)35-29-19-26(34-25-14-8-4-9-15-25)18-28(29)23-12-6-3-7-13-23/h3-17,20-21,26,28-29,34H,18-19H2,1-2H3,(H2,35,36,40)/t26-,28-,29+/m0/s1. The average Bonchev–Trinajstić information content (AvgIpc) is 3.67. The lowest BCUT2D eigenvalue weighted by atomic mass is 9.94. The Morgan fingerprint density at radius 1 is 0.900 bits per heavy atom. The van der Waals surface area contributed by atoms with E-state index < -0.39 is 0 Å². The molecule has 0 spiro atoms. The van der Waals surface area contributed by atoms with Crippen molar-refractivity contribution in [2.75, 3.05) is 10.6 Å². The van der Waals surface area contributed by atoms with Crippen LogP contribution >= 0.6 is 0 Å². The Hall–Kier alpha value is -4.85. The van der Waals surface area contributed by atoms with Gasteiger partial charge >= 0.3 is 6.03 Å². The van der Waals surface area contributed by atoms with Gasteiger partial charge in [0, 0.05) is 48.1 Å². The molecular weight excluding hydrogens is 498 g/mol. The van der Waals surface area contributed by atoms with Crippen LogP contribution in [0.3, 0.4) is 0 Å². The van der Waals surface area contributed by atoms with Gasteiger partial charge < -0.3 is 10.6 Å². The zero-order valence-electron chi connectivity index (χ0n) is 22.7. The Balaban J connectivity index is 1.26. The molecule has 0 aliphatic heterocycles. The molecule has 3 aromatic carbocycles. The second-order valence-corrected chi connectivity index (χ2v) is 10.4. The van der Waals surface area contributed by atoms with Gasteiger partial charge in [0.15, 0.2) is 0 Å². The summed E-state index contributed by atoms with van der Waals surface area (Å²) in [6.45, 7) is 1.98. The molecule has 40 heavy (non-hydrogen) atoms. The molecule has 1 saturated carbocycles. The second kappa shape index (κ2) is 11.1. The molecule has 0 radical (unpaired) electrons. The van der Waals surface area contributed by atoms with Crippen molar-refractivity contribution >= 4 is 17.5 Å². The SMILES string of the molecule is Cc1c(-c2cnn(C)c2)nn(-c2ccccc2)c1NC(=O)N[C@@H]1C[C@@H](Nc2ccccc2)C[C@H]1c1ccccc1. The Bertz CT molecular complexity index is 1580. The van der Waals surface area contributed by atoms with Gasteiger partial charge in [0.25, 0.3) is 0 Å². The molecule has 5 aromatic rings. The van der Waals surface area contributed by atoms with Gasteiger partial charge in [-0.2, -0.15) is 10.2 Å². The highest BCUT2D eigenvalue weighted by molar-refractivity contribution is 5.91. The fourth-order valence-electron chi connectivity index (χ4n) is 5.68. The van der Waals surface area contributed by atoms with Gasteiger partial charge in [0.05, 0.1) is 11.9 Å². The van der Waals surface area contributed by atoms with Gasteiger partial charge in [-0.25, -0.2) is 9.48 Å². The van der Waals surface area contributed by atoms with E-state index in [1.807, 2.05) is 74.8 Å². The first-order chi connectivity index (χ1) is 19.5. The van der Waals surface area contributed by atoms with Crippen LogP contribution in [-0.2, 0) is 7.05 Å². The highest BCUT2D eigenvalue weighted by Gasteiger charge is 2.36. The molecule has 3 N–H and O–H groups in total. The largest absolute Gasteiger partial charge is 0.382 e. The maximum Gasteiger partial charge on any atom is 0.320 e. The van der Waals surface area contributed by atoms with Crippen molar-refractivity contribution < 1.29 is 4.79 Å². The maximum absolute atomic E-state index is 13.6. The summed E-state index contributed by atoms with van der Waals surface area (Å²) >= 11 is 0. The van der Waals surface area contributed by atoms with Crippen molar-refractivity contribution in [3.63, 3.8) is 0 Å². The number of aromatic nitrogens is 4. The number of carbonyl (C=O) groups is 1. The van der Waals surface area contributed by atoms with E-state index in [1.165, 1.54) is 5.56 Å². The monoisotopic (exact) mass is 531 g/mol. The van der Waals surface area contributed by atoms with Crippen LogP contribution in [0.1, 0.15) is 29.9 Å². The van der Waals surface area contributed by atoms with Crippen molar-refractivity contribution in [1.82, 2.24) is 24.9 Å². The minimum atomic E-state index is -0.246. The van der Waals surface area contributed by atoms with Crippen LogP contribution in [0.2, 0.25) is 0 Å². The zero-order valence-corrected chi connectivity index (χ0v) is 22.7. The molecule has 8 heteroatoms. The van der Waals surface area contributed by atoms with E-state index >= 15 is 0 Å². The summed E-state index contributed by atoms with van der Waals surface area (Å²) in [5, 5.41) is 19.3.